The van der Waals surface area contributed by atoms with E-state index in [1.54, 1.807) is 0 Å². The zero-order valence-electron chi connectivity index (χ0n) is 11.1. The first-order valence-electron chi connectivity index (χ1n) is 6.55. The number of rotatable bonds is 3. The van der Waals surface area contributed by atoms with Crippen molar-refractivity contribution in [2.75, 3.05) is 6.54 Å². The van der Waals surface area contributed by atoms with E-state index in [1.807, 2.05) is 4.90 Å². The molecule has 108 valence electrons. The van der Waals surface area contributed by atoms with Crippen molar-refractivity contribution in [3.63, 3.8) is 0 Å². The maximum absolute atomic E-state index is 11.6. The number of nitrogens with one attached hydrogen (secondary N) is 1. The summed E-state index contributed by atoms with van der Waals surface area (Å²) in [5.41, 5.74) is 5.44. The Bertz CT molecular complexity index is 390. The quantitative estimate of drug-likeness (QED) is 0.487. The molecule has 6 nitrogen and oxygen atoms in total. The molecule has 0 spiro atoms. The Morgan fingerprint density at radius 3 is 2.74 bits per heavy atom. The van der Waals surface area contributed by atoms with Crippen LogP contribution in [0.4, 0.5) is 0 Å². The summed E-state index contributed by atoms with van der Waals surface area (Å²) in [7, 11) is 0. The second-order valence-corrected chi connectivity index (χ2v) is 6.20. The summed E-state index contributed by atoms with van der Waals surface area (Å²) >= 11 is 5.27. The van der Waals surface area contributed by atoms with Gasteiger partial charge in [0, 0.05) is 6.54 Å². The molecule has 0 aromatic rings. The third-order valence-corrected chi connectivity index (χ3v) is 4.23. The van der Waals surface area contributed by atoms with E-state index in [1.165, 1.54) is 0 Å². The standard InChI is InChI=1S/C12H21N3O3S/c1-5(2)4-15-9-6(11(13)18)3-7(16)10(17)8(9)14-12(15)19/h5-10,16-17H,3-4H2,1-2H3,(H2,13,18)(H,14,19)/t6-,7-,8-,9-,10+/m1/s1. The number of carbonyl (C=O) groups excluding carboxylic acids is 1. The molecule has 1 amide bonds. The summed E-state index contributed by atoms with van der Waals surface area (Å²) in [6, 6.07) is -0.710. The van der Waals surface area contributed by atoms with Crippen LogP contribution in [0.15, 0.2) is 0 Å². The van der Waals surface area contributed by atoms with Crippen LogP contribution in [0.25, 0.3) is 0 Å². The molecule has 1 aliphatic carbocycles. The van der Waals surface area contributed by atoms with Crippen molar-refractivity contribution >= 4 is 23.2 Å². The lowest BCUT2D eigenvalue weighted by Crippen LogP contribution is -2.60. The minimum Gasteiger partial charge on any atom is -0.390 e. The fourth-order valence-corrected chi connectivity index (χ4v) is 3.39. The third-order valence-electron chi connectivity index (χ3n) is 3.88. The van der Waals surface area contributed by atoms with E-state index in [0.717, 1.165) is 0 Å². The Morgan fingerprint density at radius 1 is 1.58 bits per heavy atom. The number of fused-ring (bicyclic) bond motifs is 1. The number of amides is 1. The van der Waals surface area contributed by atoms with Gasteiger partial charge < -0.3 is 26.2 Å². The molecule has 2 rings (SSSR count). The van der Waals surface area contributed by atoms with Gasteiger partial charge in [0.05, 0.1) is 24.1 Å². The van der Waals surface area contributed by atoms with Crippen LogP contribution in [-0.4, -0.2) is 57.0 Å². The highest BCUT2D eigenvalue weighted by molar-refractivity contribution is 7.80. The predicted molar refractivity (Wildman–Crippen MR) is 74.2 cm³/mol. The number of thiocarbonyl (C=S) groups is 1. The van der Waals surface area contributed by atoms with Crippen LogP contribution in [0, 0.1) is 11.8 Å². The topological polar surface area (TPSA) is 98.8 Å². The van der Waals surface area contributed by atoms with Gasteiger partial charge in [0.15, 0.2) is 5.11 Å². The van der Waals surface area contributed by atoms with Crippen molar-refractivity contribution in [3.8, 4) is 0 Å². The Morgan fingerprint density at radius 2 is 2.21 bits per heavy atom. The molecule has 1 aliphatic heterocycles. The molecule has 0 aromatic heterocycles. The van der Waals surface area contributed by atoms with Crippen LogP contribution in [0.1, 0.15) is 20.3 Å². The second-order valence-electron chi connectivity index (χ2n) is 5.81. The van der Waals surface area contributed by atoms with Crippen molar-refractivity contribution in [2.24, 2.45) is 17.6 Å². The average Bonchev–Trinajstić information content (AvgIpc) is 2.61. The van der Waals surface area contributed by atoms with Crippen molar-refractivity contribution in [3.05, 3.63) is 0 Å². The fourth-order valence-electron chi connectivity index (χ4n) is 3.06. The molecule has 1 saturated carbocycles. The highest BCUT2D eigenvalue weighted by Crippen LogP contribution is 2.33. The third kappa shape index (κ3) is 2.54. The van der Waals surface area contributed by atoms with Gasteiger partial charge in [0.2, 0.25) is 5.91 Å². The van der Waals surface area contributed by atoms with E-state index in [-0.39, 0.29) is 12.5 Å². The first-order chi connectivity index (χ1) is 8.82. The van der Waals surface area contributed by atoms with Gasteiger partial charge in [-0.15, -0.1) is 0 Å². The van der Waals surface area contributed by atoms with E-state index in [0.29, 0.717) is 17.6 Å². The molecular formula is C12H21N3O3S. The van der Waals surface area contributed by atoms with Gasteiger partial charge in [0.25, 0.3) is 0 Å². The first kappa shape index (κ1) is 14.5. The lowest BCUT2D eigenvalue weighted by atomic mass is 9.77. The molecule has 5 atom stereocenters. The van der Waals surface area contributed by atoms with E-state index >= 15 is 0 Å². The maximum Gasteiger partial charge on any atom is 0.222 e. The number of carbonyl (C=O) groups is 1. The summed E-state index contributed by atoms with van der Waals surface area (Å²) in [5, 5.41) is 23.4. The van der Waals surface area contributed by atoms with Crippen molar-refractivity contribution in [1.82, 2.24) is 10.2 Å². The minimum absolute atomic E-state index is 0.177. The van der Waals surface area contributed by atoms with Crippen molar-refractivity contribution in [1.29, 1.82) is 0 Å². The van der Waals surface area contributed by atoms with E-state index < -0.39 is 30.1 Å². The van der Waals surface area contributed by atoms with E-state index in [4.69, 9.17) is 18.0 Å². The molecule has 1 heterocycles. The normalized spacial score (nSPS) is 38.3. The van der Waals surface area contributed by atoms with Crippen molar-refractivity contribution in [2.45, 2.75) is 44.6 Å². The highest BCUT2D eigenvalue weighted by Gasteiger charge is 2.52. The Kier molecular flexibility index (Phi) is 3.98. The Hall–Kier alpha value is -0.920. The molecule has 0 radical (unpaired) electrons. The number of aliphatic hydroxyl groups is 2. The lowest BCUT2D eigenvalue weighted by molar-refractivity contribution is -0.130. The van der Waals surface area contributed by atoms with Gasteiger partial charge in [-0.3, -0.25) is 4.79 Å². The summed E-state index contributed by atoms with van der Waals surface area (Å²) in [6.07, 6.45) is -1.71. The number of primary amides is 1. The van der Waals surface area contributed by atoms with Gasteiger partial charge in [-0.1, -0.05) is 13.8 Å². The molecule has 5 N–H and O–H groups in total. The zero-order chi connectivity index (χ0) is 14.3. The van der Waals surface area contributed by atoms with Gasteiger partial charge in [-0.25, -0.2) is 0 Å². The van der Waals surface area contributed by atoms with Crippen LogP contribution in [0.3, 0.4) is 0 Å². The predicted octanol–water partition coefficient (Wildman–Crippen LogP) is -1.20. The highest BCUT2D eigenvalue weighted by atomic mass is 32.1. The summed E-state index contributed by atoms with van der Waals surface area (Å²) in [4.78, 5) is 13.5. The summed E-state index contributed by atoms with van der Waals surface area (Å²) in [6.45, 7) is 4.81. The number of hydrogen-bond acceptors (Lipinski definition) is 4. The molecule has 2 fully saturated rings. The number of nitrogens with two attached hydrogens (primary N) is 1. The van der Waals surface area contributed by atoms with Crippen molar-refractivity contribution < 1.29 is 15.0 Å². The van der Waals surface area contributed by atoms with Gasteiger partial charge in [0.1, 0.15) is 6.10 Å². The average molecular weight is 287 g/mol. The SMILES string of the molecule is CC(C)CN1C(=S)N[C@H]2[C@@H](O)[C@H](O)C[C@@H](C(N)=O)[C@H]21. The largest absolute Gasteiger partial charge is 0.390 e. The van der Waals surface area contributed by atoms with Crippen LogP contribution in [-0.2, 0) is 4.79 Å². The molecule has 1 saturated heterocycles. The van der Waals surface area contributed by atoms with Crippen LogP contribution in [0.5, 0.6) is 0 Å². The van der Waals surface area contributed by atoms with Gasteiger partial charge >= 0.3 is 0 Å². The second kappa shape index (κ2) is 5.22. The van der Waals surface area contributed by atoms with Crippen LogP contribution in [0.2, 0.25) is 0 Å². The minimum atomic E-state index is -0.951. The van der Waals surface area contributed by atoms with E-state index in [2.05, 4.69) is 19.2 Å². The molecule has 0 aromatic carbocycles. The molecule has 0 unspecified atom stereocenters. The molecule has 19 heavy (non-hydrogen) atoms. The molecular weight excluding hydrogens is 266 g/mol. The first-order valence-corrected chi connectivity index (χ1v) is 6.96. The molecule has 0 bridgehead atoms. The number of aliphatic hydroxyl groups excluding tert-OH is 2. The summed E-state index contributed by atoms with van der Waals surface area (Å²) in [5.74, 6) is -0.590. The smallest absolute Gasteiger partial charge is 0.222 e. The fraction of sp³-hybridized carbons (Fsp3) is 0.833. The lowest BCUT2D eigenvalue weighted by Gasteiger charge is -2.41. The number of hydrogen-bond donors (Lipinski definition) is 4. The molecule has 2 aliphatic rings. The number of nitrogens with zero attached hydrogens (tertiary/aromatic N) is 1. The Balaban J connectivity index is 2.29. The van der Waals surface area contributed by atoms with Gasteiger partial charge in [-0.2, -0.15) is 0 Å². The van der Waals surface area contributed by atoms with Crippen LogP contribution >= 0.6 is 12.2 Å². The molecule has 7 heteroatoms. The maximum atomic E-state index is 11.6. The monoisotopic (exact) mass is 287 g/mol. The Labute approximate surface area is 118 Å². The van der Waals surface area contributed by atoms with Gasteiger partial charge in [-0.05, 0) is 24.6 Å². The van der Waals surface area contributed by atoms with E-state index in [9.17, 15) is 15.0 Å². The van der Waals surface area contributed by atoms with Crippen LogP contribution < -0.4 is 11.1 Å². The zero-order valence-corrected chi connectivity index (χ0v) is 11.9. The summed E-state index contributed by atoms with van der Waals surface area (Å²) < 4.78 is 0.